The summed E-state index contributed by atoms with van der Waals surface area (Å²) in [6.45, 7) is 8.17. The quantitative estimate of drug-likeness (QED) is 0.350. The lowest BCUT2D eigenvalue weighted by Gasteiger charge is -2.43. The van der Waals surface area contributed by atoms with E-state index < -0.39 is 30.8 Å². The first kappa shape index (κ1) is 24.3. The molecular weight excluding hydrogens is 503 g/mol. The fourth-order valence-corrected chi connectivity index (χ4v) is 4.94. The molecule has 0 aliphatic carbocycles. The van der Waals surface area contributed by atoms with Crippen molar-refractivity contribution in [2.75, 3.05) is 44.0 Å². The Kier molecular flexibility index (Phi) is 6.00. The van der Waals surface area contributed by atoms with E-state index in [0.717, 1.165) is 4.68 Å². The molecule has 38 heavy (non-hydrogen) atoms. The fraction of sp³-hybridized carbons (Fsp3) is 0.478. The molecule has 0 saturated carbocycles. The number of nitrogens with zero attached hydrogens (tertiary/aromatic N) is 9. The van der Waals surface area contributed by atoms with Gasteiger partial charge in [0, 0.05) is 31.9 Å². The average molecular weight is 528 g/mol. The second-order valence-corrected chi connectivity index (χ2v) is 9.35. The predicted octanol–water partition coefficient (Wildman–Crippen LogP) is 2.31. The van der Waals surface area contributed by atoms with Crippen LogP contribution in [0.4, 0.5) is 24.9 Å². The van der Waals surface area contributed by atoms with Crippen LogP contribution in [-0.4, -0.2) is 97.1 Å². The lowest BCUT2D eigenvalue weighted by atomic mass is 9.97. The van der Waals surface area contributed by atoms with Crippen LogP contribution in [-0.2, 0) is 11.3 Å². The van der Waals surface area contributed by atoms with Gasteiger partial charge in [0.2, 0.25) is 5.95 Å². The Morgan fingerprint density at radius 1 is 1.26 bits per heavy atom. The van der Waals surface area contributed by atoms with Crippen LogP contribution in [0, 0.1) is 6.57 Å². The Hall–Kier alpha value is -4.03. The van der Waals surface area contributed by atoms with Crippen LogP contribution >= 0.6 is 0 Å². The molecule has 0 bridgehead atoms. The number of ether oxygens (including phenoxy) is 1. The molecule has 0 aromatic carbocycles. The molecule has 4 aromatic rings. The number of anilines is 2. The molecule has 2 aliphatic heterocycles. The van der Waals surface area contributed by atoms with E-state index in [0.29, 0.717) is 54.3 Å². The molecule has 15 heteroatoms. The minimum atomic E-state index is -2.59. The Labute approximate surface area is 214 Å². The van der Waals surface area contributed by atoms with E-state index in [1.54, 1.807) is 36.0 Å². The molecule has 0 unspecified atom stereocenters. The topological polar surface area (TPSA) is 115 Å². The molecule has 4 aromatic heterocycles. The lowest BCUT2D eigenvalue weighted by Crippen LogP contribution is -2.64. The van der Waals surface area contributed by atoms with Crippen molar-refractivity contribution in [1.29, 1.82) is 0 Å². The first-order valence-corrected chi connectivity index (χ1v) is 12.1. The molecule has 2 fully saturated rings. The monoisotopic (exact) mass is 527 g/mol. The van der Waals surface area contributed by atoms with Crippen LogP contribution in [0.1, 0.15) is 6.42 Å². The summed E-state index contributed by atoms with van der Waals surface area (Å²) in [5, 5.41) is 18.4. The molecular formula is C23H24F3N11O. The van der Waals surface area contributed by atoms with E-state index >= 15 is 4.39 Å². The summed E-state index contributed by atoms with van der Waals surface area (Å²) in [4.78, 5) is 14.7. The molecule has 2 aliphatic rings. The number of pyridine rings is 1. The van der Waals surface area contributed by atoms with Crippen molar-refractivity contribution in [3.8, 4) is 11.3 Å². The maximum atomic E-state index is 15.2. The Morgan fingerprint density at radius 3 is 2.79 bits per heavy atom. The first-order valence-electron chi connectivity index (χ1n) is 12.1. The molecule has 0 amide bonds. The van der Waals surface area contributed by atoms with Gasteiger partial charge < -0.3 is 15.4 Å². The lowest BCUT2D eigenvalue weighted by molar-refractivity contribution is -0.127. The maximum absolute atomic E-state index is 15.2. The van der Waals surface area contributed by atoms with E-state index in [1.165, 1.54) is 0 Å². The number of likely N-dealkylation sites (tertiary alicyclic amines) is 1. The summed E-state index contributed by atoms with van der Waals surface area (Å²) >= 11 is 0. The Balaban J connectivity index is 1.27. The van der Waals surface area contributed by atoms with E-state index in [4.69, 9.17) is 11.3 Å². The normalized spacial score (nSPS) is 21.5. The van der Waals surface area contributed by atoms with Crippen molar-refractivity contribution in [2.24, 2.45) is 0 Å². The summed E-state index contributed by atoms with van der Waals surface area (Å²) < 4.78 is 49.0. The molecule has 2 saturated heterocycles. The van der Waals surface area contributed by atoms with Gasteiger partial charge in [0.25, 0.3) is 6.43 Å². The largest absolute Gasteiger partial charge is 0.371 e. The van der Waals surface area contributed by atoms with Gasteiger partial charge in [-0.15, -0.1) is 10.2 Å². The molecule has 6 rings (SSSR count). The molecule has 198 valence electrons. The van der Waals surface area contributed by atoms with Crippen LogP contribution < -0.4 is 10.6 Å². The van der Waals surface area contributed by atoms with Crippen molar-refractivity contribution >= 4 is 28.4 Å². The molecule has 2 atom stereocenters. The van der Waals surface area contributed by atoms with E-state index in [9.17, 15) is 8.78 Å². The van der Waals surface area contributed by atoms with Crippen molar-refractivity contribution < 1.29 is 17.9 Å². The van der Waals surface area contributed by atoms with E-state index in [-0.39, 0.29) is 18.1 Å². The van der Waals surface area contributed by atoms with Gasteiger partial charge in [-0.05, 0) is 24.6 Å². The number of alkyl halides is 3. The summed E-state index contributed by atoms with van der Waals surface area (Å²) in [5.74, 6) is 0.731. The van der Waals surface area contributed by atoms with Crippen molar-refractivity contribution in [3.63, 3.8) is 0 Å². The maximum Gasteiger partial charge on any atom is 0.334 e. The van der Waals surface area contributed by atoms with Crippen LogP contribution in [0.5, 0.6) is 0 Å². The highest BCUT2D eigenvalue weighted by Crippen LogP contribution is 2.33. The number of halogens is 3. The van der Waals surface area contributed by atoms with Crippen LogP contribution in [0.3, 0.4) is 0 Å². The van der Waals surface area contributed by atoms with Gasteiger partial charge in [-0.25, -0.2) is 38.8 Å². The van der Waals surface area contributed by atoms with Gasteiger partial charge in [0.05, 0.1) is 11.7 Å². The fourth-order valence-electron chi connectivity index (χ4n) is 4.94. The van der Waals surface area contributed by atoms with Gasteiger partial charge in [0.1, 0.15) is 37.0 Å². The zero-order valence-electron chi connectivity index (χ0n) is 20.4. The van der Waals surface area contributed by atoms with Crippen LogP contribution in [0.2, 0.25) is 0 Å². The number of hydrogen-bond donors (Lipinski definition) is 2. The number of fused-ring (bicyclic) bond motifs is 2. The third-order valence-electron chi connectivity index (χ3n) is 7.01. The molecule has 0 radical (unpaired) electrons. The van der Waals surface area contributed by atoms with Crippen molar-refractivity contribution in [2.45, 2.75) is 37.3 Å². The number of rotatable bonds is 7. The molecule has 2 N–H and O–H groups in total. The minimum Gasteiger partial charge on any atom is -0.371 e. The summed E-state index contributed by atoms with van der Waals surface area (Å²) in [7, 11) is 1.71. The van der Waals surface area contributed by atoms with E-state index in [1.807, 2.05) is 4.90 Å². The third kappa shape index (κ3) is 4.05. The van der Waals surface area contributed by atoms with Gasteiger partial charge in [0.15, 0.2) is 11.5 Å². The number of hydrogen-bond acceptors (Lipinski definition) is 9. The SMILES string of the molecule is [C-]#[N+]C1(N2CC[C@H](Nc3nc(NC)c4c(-c5ccc6nnn(CC(F)F)c6n5)ccn4n3)[C@H](F)C2)COC1. The first-order chi connectivity index (χ1) is 18.4. The Bertz CT molecular complexity index is 1530. The molecule has 0 spiro atoms. The highest BCUT2D eigenvalue weighted by molar-refractivity contribution is 5.89. The zero-order valence-corrected chi connectivity index (χ0v) is 20.4. The van der Waals surface area contributed by atoms with Gasteiger partial charge >= 0.3 is 5.66 Å². The highest BCUT2D eigenvalue weighted by Gasteiger charge is 2.53. The van der Waals surface area contributed by atoms with Crippen molar-refractivity contribution in [1.82, 2.24) is 39.5 Å². The van der Waals surface area contributed by atoms with E-state index in [2.05, 4.69) is 40.9 Å². The summed E-state index contributed by atoms with van der Waals surface area (Å²) in [6, 6.07) is 4.69. The third-order valence-corrected chi connectivity index (χ3v) is 7.01. The van der Waals surface area contributed by atoms with Crippen LogP contribution in [0.25, 0.3) is 32.8 Å². The Morgan fingerprint density at radius 2 is 2.11 bits per heavy atom. The number of aromatic nitrogens is 7. The average Bonchev–Trinajstić information content (AvgIpc) is 3.48. The summed E-state index contributed by atoms with van der Waals surface area (Å²) in [6.07, 6.45) is -1.60. The second kappa shape index (κ2) is 9.37. The second-order valence-electron chi connectivity index (χ2n) is 9.35. The van der Waals surface area contributed by atoms with Gasteiger partial charge in [-0.3, -0.25) is 4.85 Å². The smallest absolute Gasteiger partial charge is 0.334 e. The van der Waals surface area contributed by atoms with Crippen LogP contribution in [0.15, 0.2) is 24.4 Å². The molecule has 12 nitrogen and oxygen atoms in total. The summed E-state index contributed by atoms with van der Waals surface area (Å²) in [5.41, 5.74) is 1.72. The molecule has 6 heterocycles. The predicted molar refractivity (Wildman–Crippen MR) is 132 cm³/mol. The highest BCUT2D eigenvalue weighted by atomic mass is 19.3. The van der Waals surface area contributed by atoms with Crippen molar-refractivity contribution in [3.05, 3.63) is 35.8 Å². The van der Waals surface area contributed by atoms with Gasteiger partial charge in [-0.2, -0.15) is 4.98 Å². The van der Waals surface area contributed by atoms with Gasteiger partial charge in [-0.1, -0.05) is 5.21 Å². The number of nitrogens with one attached hydrogen (secondary N) is 2. The zero-order chi connectivity index (χ0) is 26.4. The minimum absolute atomic E-state index is 0.128. The standard InChI is InChI=1S/C23H24F3N11O/c1-27-20-19-13(15-3-4-17-21(29-15)37(34-32-17)10-18(25)26)5-8-36(19)33-22(31-20)30-16-6-7-35(9-14(16)24)23(28-2)11-38-12-23/h3-5,8,14,16,18H,6-7,9-12H2,1H3,(H2,27,30,31,33)/t14-,16+/m1/s1. The number of piperidine rings is 1.